The fourth-order valence-electron chi connectivity index (χ4n) is 2.19. The molecule has 3 nitrogen and oxygen atoms in total. The Balaban J connectivity index is 1.72. The van der Waals surface area contributed by atoms with Crippen LogP contribution in [0.15, 0.2) is 46.0 Å². The molecule has 5 heteroatoms. The number of aliphatic hydroxyl groups is 1. The molecule has 1 aromatic heterocycles. The Labute approximate surface area is 146 Å². The van der Waals surface area contributed by atoms with Crippen molar-refractivity contribution in [2.75, 3.05) is 6.54 Å². The quantitative estimate of drug-likeness (QED) is 0.707. The number of carbonyl (C=O) groups excluding carboxylic acids is 1. The summed E-state index contributed by atoms with van der Waals surface area (Å²) in [5, 5.41) is 17.3. The molecule has 1 atom stereocenters. The molecule has 0 spiro atoms. The lowest BCUT2D eigenvalue weighted by atomic mass is 10.1. The van der Waals surface area contributed by atoms with E-state index in [0.29, 0.717) is 24.6 Å². The molecule has 1 amide bonds. The van der Waals surface area contributed by atoms with E-state index in [4.69, 9.17) is 0 Å². The van der Waals surface area contributed by atoms with E-state index in [2.05, 4.69) is 31.3 Å². The van der Waals surface area contributed by atoms with Crippen molar-refractivity contribution in [2.24, 2.45) is 0 Å². The normalized spacial score (nSPS) is 12.3. The Morgan fingerprint density at radius 3 is 2.61 bits per heavy atom. The van der Waals surface area contributed by atoms with Crippen molar-refractivity contribution in [3.8, 4) is 0 Å². The zero-order valence-corrected chi connectivity index (χ0v) is 15.1. The first kappa shape index (κ1) is 18.0. The van der Waals surface area contributed by atoms with Crippen LogP contribution in [-0.2, 0) is 11.2 Å². The summed E-state index contributed by atoms with van der Waals surface area (Å²) in [5.74, 6) is -0.00761. The highest BCUT2D eigenvalue weighted by Crippen LogP contribution is 2.23. The average molecular weight is 350 g/mol. The fraction of sp³-hybridized carbons (Fsp3) is 0.389. The molecule has 0 saturated heterocycles. The van der Waals surface area contributed by atoms with Crippen molar-refractivity contribution >= 4 is 29.0 Å². The summed E-state index contributed by atoms with van der Waals surface area (Å²) in [6, 6.07) is 10.0. The topological polar surface area (TPSA) is 49.3 Å². The third-order valence-corrected chi connectivity index (χ3v) is 5.04. The molecular weight excluding hydrogens is 326 g/mol. The van der Waals surface area contributed by atoms with Crippen molar-refractivity contribution in [3.05, 3.63) is 52.2 Å². The lowest BCUT2D eigenvalue weighted by molar-refractivity contribution is -0.120. The van der Waals surface area contributed by atoms with E-state index in [9.17, 15) is 9.90 Å². The molecule has 0 aliphatic heterocycles. The number of hydrogen-bond acceptors (Lipinski definition) is 4. The zero-order chi connectivity index (χ0) is 16.7. The van der Waals surface area contributed by atoms with E-state index in [1.54, 1.807) is 11.3 Å². The minimum absolute atomic E-state index is 0.00761. The molecule has 1 aromatic carbocycles. The van der Waals surface area contributed by atoms with Gasteiger partial charge >= 0.3 is 0 Å². The molecule has 1 heterocycles. The van der Waals surface area contributed by atoms with Crippen LogP contribution in [-0.4, -0.2) is 22.8 Å². The van der Waals surface area contributed by atoms with Crippen molar-refractivity contribution in [3.63, 3.8) is 0 Å². The van der Waals surface area contributed by atoms with Crippen molar-refractivity contribution in [1.82, 2.24) is 5.32 Å². The van der Waals surface area contributed by atoms with Crippen molar-refractivity contribution in [2.45, 2.75) is 42.9 Å². The van der Waals surface area contributed by atoms with Crippen LogP contribution in [0.5, 0.6) is 0 Å². The third kappa shape index (κ3) is 6.37. The maximum Gasteiger partial charge on any atom is 0.224 e. The SMILES string of the molecule is CC(C)Sc1ccc(CC(=O)NCC[C@H](O)c2ccsc2)cc1. The van der Waals surface area contributed by atoms with Crippen LogP contribution in [0.2, 0.25) is 0 Å². The number of thiophene rings is 1. The van der Waals surface area contributed by atoms with Crippen LogP contribution in [0.4, 0.5) is 0 Å². The number of benzene rings is 1. The number of rotatable bonds is 8. The molecule has 0 fully saturated rings. The van der Waals surface area contributed by atoms with Gasteiger partial charge < -0.3 is 10.4 Å². The Morgan fingerprint density at radius 2 is 2.00 bits per heavy atom. The molecule has 0 aliphatic rings. The summed E-state index contributed by atoms with van der Waals surface area (Å²) in [5.41, 5.74) is 1.93. The molecule has 23 heavy (non-hydrogen) atoms. The lowest BCUT2D eigenvalue weighted by Gasteiger charge is -2.10. The van der Waals surface area contributed by atoms with Gasteiger partial charge in [-0.2, -0.15) is 11.3 Å². The highest BCUT2D eigenvalue weighted by molar-refractivity contribution is 7.99. The van der Waals surface area contributed by atoms with Gasteiger partial charge in [0.15, 0.2) is 0 Å². The Morgan fingerprint density at radius 1 is 1.26 bits per heavy atom. The summed E-state index contributed by atoms with van der Waals surface area (Å²) in [6.45, 7) is 4.81. The number of amides is 1. The molecule has 0 radical (unpaired) electrons. The van der Waals surface area contributed by atoms with Crippen molar-refractivity contribution < 1.29 is 9.90 Å². The Kier molecular flexibility index (Phi) is 7.15. The maximum atomic E-state index is 11.9. The molecule has 2 rings (SSSR count). The van der Waals surface area contributed by atoms with Gasteiger partial charge in [0.25, 0.3) is 0 Å². The van der Waals surface area contributed by atoms with Crippen LogP contribution < -0.4 is 5.32 Å². The highest BCUT2D eigenvalue weighted by atomic mass is 32.2. The van der Waals surface area contributed by atoms with Crippen LogP contribution in [0, 0.1) is 0 Å². The molecular formula is C18H23NO2S2. The molecule has 0 unspecified atom stereocenters. The largest absolute Gasteiger partial charge is 0.388 e. The van der Waals surface area contributed by atoms with Crippen LogP contribution in [0.25, 0.3) is 0 Å². The zero-order valence-electron chi connectivity index (χ0n) is 13.5. The standard InChI is InChI=1S/C18H23NO2S2/c1-13(2)23-16-5-3-14(4-6-16)11-18(21)19-9-7-17(20)15-8-10-22-12-15/h3-6,8,10,12-13,17,20H,7,9,11H2,1-2H3,(H,19,21)/t17-/m0/s1. The van der Waals surface area contributed by atoms with Gasteiger partial charge in [-0.3, -0.25) is 4.79 Å². The van der Waals surface area contributed by atoms with E-state index in [1.165, 1.54) is 4.90 Å². The summed E-state index contributed by atoms with van der Waals surface area (Å²) in [4.78, 5) is 13.2. The van der Waals surface area contributed by atoms with Gasteiger partial charge in [-0.1, -0.05) is 26.0 Å². The summed E-state index contributed by atoms with van der Waals surface area (Å²) in [7, 11) is 0. The predicted molar refractivity (Wildman–Crippen MR) is 98.0 cm³/mol. The van der Waals surface area contributed by atoms with E-state index in [1.807, 2.05) is 40.7 Å². The van der Waals surface area contributed by atoms with E-state index in [0.717, 1.165) is 11.1 Å². The number of aliphatic hydroxyl groups excluding tert-OH is 1. The summed E-state index contributed by atoms with van der Waals surface area (Å²) >= 11 is 3.38. The molecule has 2 aromatic rings. The van der Waals surface area contributed by atoms with Crippen LogP contribution in [0.1, 0.15) is 37.5 Å². The first-order chi connectivity index (χ1) is 11.0. The first-order valence-corrected chi connectivity index (χ1v) is 9.59. The Hall–Kier alpha value is -1.30. The van der Waals surface area contributed by atoms with Crippen molar-refractivity contribution in [1.29, 1.82) is 0 Å². The molecule has 0 saturated carbocycles. The van der Waals surface area contributed by atoms with Gasteiger partial charge in [-0.25, -0.2) is 0 Å². The van der Waals surface area contributed by atoms with Crippen LogP contribution in [0.3, 0.4) is 0 Å². The molecule has 2 N–H and O–H groups in total. The van der Waals surface area contributed by atoms with Crippen LogP contribution >= 0.6 is 23.1 Å². The van der Waals surface area contributed by atoms with E-state index in [-0.39, 0.29) is 5.91 Å². The van der Waals surface area contributed by atoms with Gasteiger partial charge in [0.2, 0.25) is 5.91 Å². The summed E-state index contributed by atoms with van der Waals surface area (Å²) < 4.78 is 0. The average Bonchev–Trinajstić information content (AvgIpc) is 3.03. The third-order valence-electron chi connectivity index (χ3n) is 3.33. The summed E-state index contributed by atoms with van der Waals surface area (Å²) in [6.07, 6.45) is 0.405. The first-order valence-electron chi connectivity index (χ1n) is 7.77. The lowest BCUT2D eigenvalue weighted by Crippen LogP contribution is -2.27. The van der Waals surface area contributed by atoms with Gasteiger partial charge in [-0.15, -0.1) is 11.8 Å². The minimum atomic E-state index is -0.506. The smallest absolute Gasteiger partial charge is 0.224 e. The maximum absolute atomic E-state index is 11.9. The number of carbonyl (C=O) groups is 1. The number of hydrogen-bond donors (Lipinski definition) is 2. The second-order valence-electron chi connectivity index (χ2n) is 5.70. The Bertz CT molecular complexity index is 594. The van der Waals surface area contributed by atoms with Gasteiger partial charge in [-0.05, 0) is 46.5 Å². The molecule has 0 bridgehead atoms. The second kappa shape index (κ2) is 9.11. The fourth-order valence-corrected chi connectivity index (χ4v) is 3.73. The number of nitrogens with one attached hydrogen (secondary N) is 1. The van der Waals surface area contributed by atoms with E-state index < -0.39 is 6.10 Å². The minimum Gasteiger partial charge on any atom is -0.388 e. The van der Waals surface area contributed by atoms with Gasteiger partial charge in [0.05, 0.1) is 12.5 Å². The molecule has 0 aliphatic carbocycles. The highest BCUT2D eigenvalue weighted by Gasteiger charge is 2.09. The van der Waals surface area contributed by atoms with E-state index >= 15 is 0 Å². The van der Waals surface area contributed by atoms with Gasteiger partial charge in [0, 0.05) is 16.7 Å². The molecule has 124 valence electrons. The second-order valence-corrected chi connectivity index (χ2v) is 8.13. The van der Waals surface area contributed by atoms with Gasteiger partial charge in [0.1, 0.15) is 0 Å². The predicted octanol–water partition coefficient (Wildman–Crippen LogP) is 4.03. The number of thioether (sulfide) groups is 1. The monoisotopic (exact) mass is 349 g/mol.